The molecule has 6 nitrogen and oxygen atoms in total. The van der Waals surface area contributed by atoms with Gasteiger partial charge in [0.25, 0.3) is 0 Å². The minimum atomic E-state index is -5.83. The van der Waals surface area contributed by atoms with E-state index in [2.05, 4.69) is 18.6 Å². The molecule has 21 heavy (non-hydrogen) atoms. The Bertz CT molecular complexity index is 490. The molecule has 1 aliphatic rings. The number of halogens is 2. The topological polar surface area (TPSA) is 89.9 Å². The molecule has 1 saturated carbocycles. The van der Waals surface area contributed by atoms with Crippen molar-refractivity contribution in [1.29, 1.82) is 0 Å². The van der Waals surface area contributed by atoms with Gasteiger partial charge in [0.05, 0.1) is 12.2 Å². The van der Waals surface area contributed by atoms with Crippen molar-refractivity contribution in [2.24, 2.45) is 11.8 Å². The van der Waals surface area contributed by atoms with Crippen LogP contribution < -0.4 is 0 Å². The molecular weight excluding hydrogens is 310 g/mol. The van der Waals surface area contributed by atoms with Crippen molar-refractivity contribution in [3.63, 3.8) is 0 Å². The summed E-state index contributed by atoms with van der Waals surface area (Å²) in [6, 6.07) is 0. The Morgan fingerprint density at radius 3 is 2.48 bits per heavy atom. The molecule has 0 aromatic rings. The summed E-state index contributed by atoms with van der Waals surface area (Å²) >= 11 is 0. The summed E-state index contributed by atoms with van der Waals surface area (Å²) in [7, 11) is -5.83. The van der Waals surface area contributed by atoms with Crippen molar-refractivity contribution < 1.29 is 36.0 Å². The smallest absolute Gasteiger partial charge is 0.458 e. The van der Waals surface area contributed by atoms with Gasteiger partial charge in [-0.15, -0.1) is 0 Å². The second-order valence-electron chi connectivity index (χ2n) is 5.82. The lowest BCUT2D eigenvalue weighted by Crippen LogP contribution is -2.39. The van der Waals surface area contributed by atoms with E-state index in [9.17, 15) is 22.0 Å². The van der Waals surface area contributed by atoms with E-state index in [0.29, 0.717) is 11.8 Å². The molecule has 1 rings (SSSR count). The van der Waals surface area contributed by atoms with Crippen LogP contribution in [0, 0.1) is 11.8 Å². The lowest BCUT2D eigenvalue weighted by molar-refractivity contribution is -0.163. The lowest BCUT2D eigenvalue weighted by Gasteiger charge is -2.15. The van der Waals surface area contributed by atoms with Gasteiger partial charge < -0.3 is 9.47 Å². The van der Waals surface area contributed by atoms with E-state index >= 15 is 0 Å². The highest BCUT2D eigenvalue weighted by Crippen LogP contribution is 2.49. The quantitative estimate of drug-likeness (QED) is 0.415. The zero-order chi connectivity index (χ0) is 16.5. The zero-order valence-electron chi connectivity index (χ0n) is 12.1. The van der Waals surface area contributed by atoms with Crippen LogP contribution in [-0.2, 0) is 24.4 Å². The Hall–Kier alpha value is -0.800. The standard InChI is InChI=1S/C12H20F2O6S/c1-8(2)6-9-7-11(9,3)20-5-4-19-10(15)12(13,14)21(16,17)18/h8-9H,4-7H2,1-3H3,(H,16,17,18). The Morgan fingerprint density at radius 2 is 2.00 bits per heavy atom. The third kappa shape index (κ3) is 4.58. The van der Waals surface area contributed by atoms with Crippen molar-refractivity contribution in [1.82, 2.24) is 0 Å². The molecule has 0 spiro atoms. The molecule has 0 heterocycles. The van der Waals surface area contributed by atoms with Gasteiger partial charge in [-0.05, 0) is 31.6 Å². The molecule has 0 radical (unpaired) electrons. The van der Waals surface area contributed by atoms with Crippen LogP contribution in [0.5, 0.6) is 0 Å². The van der Waals surface area contributed by atoms with E-state index < -0.39 is 27.9 Å². The molecule has 9 heteroatoms. The molecule has 1 N–H and O–H groups in total. The highest BCUT2D eigenvalue weighted by molar-refractivity contribution is 7.87. The number of hydrogen-bond acceptors (Lipinski definition) is 5. The van der Waals surface area contributed by atoms with E-state index in [4.69, 9.17) is 9.29 Å². The summed E-state index contributed by atoms with van der Waals surface area (Å²) in [4.78, 5) is 10.9. The second-order valence-corrected chi connectivity index (χ2v) is 7.28. The van der Waals surface area contributed by atoms with Crippen LogP contribution in [0.2, 0.25) is 0 Å². The summed E-state index contributed by atoms with van der Waals surface area (Å²) in [6.07, 6.45) is 1.83. The van der Waals surface area contributed by atoms with Gasteiger partial charge in [0.2, 0.25) is 0 Å². The van der Waals surface area contributed by atoms with Gasteiger partial charge in [0.15, 0.2) is 0 Å². The van der Waals surface area contributed by atoms with E-state index in [-0.39, 0.29) is 12.2 Å². The molecule has 124 valence electrons. The summed E-state index contributed by atoms with van der Waals surface area (Å²) in [6.45, 7) is 5.43. The maximum Gasteiger partial charge on any atom is 0.465 e. The van der Waals surface area contributed by atoms with Gasteiger partial charge in [-0.2, -0.15) is 17.2 Å². The van der Waals surface area contributed by atoms with Crippen LogP contribution in [0.25, 0.3) is 0 Å². The summed E-state index contributed by atoms with van der Waals surface area (Å²) in [5.41, 5.74) is -0.345. The monoisotopic (exact) mass is 330 g/mol. The fraction of sp³-hybridized carbons (Fsp3) is 0.917. The van der Waals surface area contributed by atoms with E-state index in [1.807, 2.05) is 6.92 Å². The number of ether oxygens (including phenoxy) is 2. The molecule has 2 unspecified atom stereocenters. The van der Waals surface area contributed by atoms with Crippen LogP contribution in [0.15, 0.2) is 0 Å². The van der Waals surface area contributed by atoms with Crippen LogP contribution in [-0.4, -0.2) is 43.0 Å². The van der Waals surface area contributed by atoms with Crippen molar-refractivity contribution in [2.45, 2.75) is 44.5 Å². The third-order valence-corrected chi connectivity index (χ3v) is 4.24. The van der Waals surface area contributed by atoms with E-state index in [0.717, 1.165) is 12.8 Å². The Morgan fingerprint density at radius 1 is 1.43 bits per heavy atom. The molecule has 1 fully saturated rings. The molecule has 0 aromatic heterocycles. The van der Waals surface area contributed by atoms with Crippen molar-refractivity contribution in [3.05, 3.63) is 0 Å². The van der Waals surface area contributed by atoms with Crippen molar-refractivity contribution >= 4 is 16.1 Å². The molecule has 0 amide bonds. The predicted molar refractivity (Wildman–Crippen MR) is 69.4 cm³/mol. The van der Waals surface area contributed by atoms with E-state index in [1.165, 1.54) is 0 Å². The number of esters is 1. The fourth-order valence-electron chi connectivity index (χ4n) is 2.11. The van der Waals surface area contributed by atoms with Crippen LogP contribution in [0.3, 0.4) is 0 Å². The predicted octanol–water partition coefficient (Wildman–Crippen LogP) is 1.85. The summed E-state index contributed by atoms with van der Waals surface area (Å²) in [5, 5.41) is -4.96. The first-order valence-electron chi connectivity index (χ1n) is 6.56. The van der Waals surface area contributed by atoms with Gasteiger partial charge in [-0.1, -0.05) is 13.8 Å². The van der Waals surface area contributed by atoms with Crippen LogP contribution in [0.1, 0.15) is 33.6 Å². The Kier molecular flexibility index (Phi) is 5.33. The van der Waals surface area contributed by atoms with Crippen LogP contribution >= 0.6 is 0 Å². The largest absolute Gasteiger partial charge is 0.465 e. The summed E-state index contributed by atoms with van der Waals surface area (Å²) in [5.74, 6) is -1.41. The fourth-order valence-corrected chi connectivity index (χ4v) is 2.38. The normalized spacial score (nSPS) is 26.0. The number of hydrogen-bond donors (Lipinski definition) is 1. The maximum atomic E-state index is 12.8. The number of carbonyl (C=O) groups is 1. The molecule has 0 aromatic carbocycles. The molecule has 0 aliphatic heterocycles. The van der Waals surface area contributed by atoms with Gasteiger partial charge >= 0.3 is 21.3 Å². The zero-order valence-corrected chi connectivity index (χ0v) is 13.0. The average molecular weight is 330 g/mol. The molecule has 0 bridgehead atoms. The number of alkyl halides is 2. The maximum absolute atomic E-state index is 12.8. The highest BCUT2D eigenvalue weighted by atomic mass is 32.2. The molecule has 2 atom stereocenters. The van der Waals surface area contributed by atoms with Crippen molar-refractivity contribution in [2.75, 3.05) is 13.2 Å². The molecule has 0 saturated heterocycles. The second kappa shape index (κ2) is 6.13. The van der Waals surface area contributed by atoms with Gasteiger partial charge in [-0.25, -0.2) is 4.79 Å². The van der Waals surface area contributed by atoms with Gasteiger partial charge in [0, 0.05) is 0 Å². The van der Waals surface area contributed by atoms with E-state index in [1.54, 1.807) is 0 Å². The first-order chi connectivity index (χ1) is 9.40. The van der Waals surface area contributed by atoms with Crippen molar-refractivity contribution in [3.8, 4) is 0 Å². The first-order valence-corrected chi connectivity index (χ1v) is 8.00. The minimum Gasteiger partial charge on any atom is -0.458 e. The van der Waals surface area contributed by atoms with Gasteiger partial charge in [-0.3, -0.25) is 4.55 Å². The molecule has 1 aliphatic carbocycles. The summed E-state index contributed by atoms with van der Waals surface area (Å²) < 4.78 is 64.1. The van der Waals surface area contributed by atoms with Crippen LogP contribution in [0.4, 0.5) is 8.78 Å². The molecular formula is C12H20F2O6S. The highest BCUT2D eigenvalue weighted by Gasteiger charge is 2.54. The SMILES string of the molecule is CC(C)CC1CC1(C)OCCOC(=O)C(F)(F)S(=O)(=O)O. The third-order valence-electron chi connectivity index (χ3n) is 3.42. The number of carbonyl (C=O) groups excluding carboxylic acids is 1. The average Bonchev–Trinajstić information content (AvgIpc) is 2.92. The van der Waals surface area contributed by atoms with Gasteiger partial charge in [0.1, 0.15) is 6.61 Å². The lowest BCUT2D eigenvalue weighted by atomic mass is 10.1. The minimum absolute atomic E-state index is 0.113. The Labute approximate surface area is 122 Å². The Balaban J connectivity index is 2.31. The number of rotatable bonds is 8. The first kappa shape index (κ1) is 18.2.